The van der Waals surface area contributed by atoms with Crippen molar-refractivity contribution in [2.75, 3.05) is 0 Å². The summed E-state index contributed by atoms with van der Waals surface area (Å²) >= 11 is 3.24. The molecule has 0 saturated carbocycles. The molecule has 0 spiro atoms. The van der Waals surface area contributed by atoms with Crippen LogP contribution in [0.5, 0.6) is 0 Å². The molecule has 0 aromatic rings. The van der Waals surface area contributed by atoms with Gasteiger partial charge in [0, 0.05) is 5.97 Å². The number of hydrogen-bond donors (Lipinski definition) is 0. The van der Waals surface area contributed by atoms with Gasteiger partial charge < -0.3 is 62.8 Å². The first-order valence-corrected chi connectivity index (χ1v) is 3.91. The van der Waals surface area contributed by atoms with Crippen molar-refractivity contribution in [1.29, 1.82) is 0 Å². The second-order valence-corrected chi connectivity index (χ2v) is 2.94. The molecular weight excluding hydrogens is 388 g/mol. The van der Waals surface area contributed by atoms with E-state index >= 15 is 0 Å². The number of carboxylic acid groups (broad SMARTS) is 1. The Hall–Kier alpha value is 3.44. The number of aliphatic carboxylic acids is 1. The third kappa shape index (κ3) is 911. The molecule has 0 bridgehead atoms. The fraction of sp³-hybridized carbons (Fsp3) is 0.500. The Morgan fingerprint density at radius 2 is 0.810 bits per heavy atom. The summed E-state index contributed by atoms with van der Waals surface area (Å²) in [6, 6.07) is 0. The number of carboxylic acids is 1. The van der Waals surface area contributed by atoms with Gasteiger partial charge in [-0.1, -0.05) is 0 Å². The Bertz CT molecular complexity index is 175. The van der Waals surface area contributed by atoms with Crippen LogP contribution in [0.15, 0.2) is 0 Å². The van der Waals surface area contributed by atoms with E-state index in [2.05, 4.69) is 11.2 Å². The van der Waals surface area contributed by atoms with Crippen LogP contribution in [0.3, 0.4) is 0 Å². The molecule has 0 saturated heterocycles. The zero-order valence-corrected chi connectivity index (χ0v) is 19.0. The second-order valence-electron chi connectivity index (χ2n) is 0.900. The zero-order valence-electron chi connectivity index (χ0n) is 11.4. The van der Waals surface area contributed by atoms with Crippen LogP contribution < -0.4 is 93.8 Å². The van der Waals surface area contributed by atoms with Crippen LogP contribution in [-0.2, 0) is 25.0 Å². The molecule has 122 valence electrons. The predicted octanol–water partition coefficient (Wildman–Crippen LogP) is -18.5. The Morgan fingerprint density at radius 1 is 0.810 bits per heavy atom. The minimum atomic E-state index is -4.33. The molecule has 0 heterocycles. The van der Waals surface area contributed by atoms with Gasteiger partial charge >= 0.3 is 118 Å². The summed E-state index contributed by atoms with van der Waals surface area (Å²) in [5.74, 6) is -1.08. The Morgan fingerprint density at radius 3 is 0.810 bits per heavy atom. The van der Waals surface area contributed by atoms with Gasteiger partial charge in [-0.2, -0.15) is 0 Å². The van der Waals surface area contributed by atoms with Crippen LogP contribution in [0.2, 0.25) is 0 Å². The molecule has 0 fully saturated rings. The van der Waals surface area contributed by atoms with Crippen molar-refractivity contribution in [1.82, 2.24) is 0 Å². The molecule has 13 nitrogen and oxygen atoms in total. The van der Waals surface area contributed by atoms with Crippen molar-refractivity contribution >= 4 is 55.8 Å². The number of carbonyl (C=O) groups is 1. The molecule has 0 aromatic heterocycles. The van der Waals surface area contributed by atoms with Crippen molar-refractivity contribution in [3.63, 3.8) is 0 Å². The van der Waals surface area contributed by atoms with E-state index in [4.69, 9.17) is 23.2 Å². The molecule has 0 aliphatic rings. The third-order valence-corrected chi connectivity index (χ3v) is 0. The van der Waals surface area contributed by atoms with Crippen molar-refractivity contribution in [2.24, 2.45) is 0 Å². The second kappa shape index (κ2) is 76.3. The Balaban J connectivity index is -0.00000000249. The molecule has 16 N–H and O–H groups in total. The number of carbonyl (C=O) groups excluding carboxylic acids is 1. The van der Waals surface area contributed by atoms with Gasteiger partial charge in [-0.05, 0) is 18.1 Å². The van der Waals surface area contributed by atoms with E-state index in [9.17, 15) is 0 Å². The average molecular weight is 408 g/mol. The summed E-state index contributed by atoms with van der Waals surface area (Å²) in [5, 5.41) is 8.89. The molecule has 19 heteroatoms. The topological polar surface area (TPSA) is 355 Å². The Kier molecular flexibility index (Phi) is 447. The van der Waals surface area contributed by atoms with Crippen LogP contribution in [0.1, 0.15) is 6.92 Å². The normalized spacial score (nSPS) is 3.95. The average Bonchev–Trinajstić information content (AvgIpc) is 1.19. The summed E-state index contributed by atoms with van der Waals surface area (Å²) in [7, 11) is -4.33. The number of rotatable bonds is 0. The molecule has 0 radical (unpaired) electrons. The summed E-state index contributed by atoms with van der Waals surface area (Å²) < 4.78 is 26.7. The third-order valence-electron chi connectivity index (χ3n) is 0. The van der Waals surface area contributed by atoms with E-state index in [1.54, 1.807) is 0 Å². The molecule has 0 unspecified atom stereocenters. The Labute approximate surface area is 215 Å². The SMILES string of the molecule is CC(=O)[O-].O.O.O.O.O.O.O.O.O=S([O-])([O-])=S.[Na+].[Na+].[Na+].[NaH]. The monoisotopic (exact) mass is 408 g/mol. The fourth-order valence-corrected chi connectivity index (χ4v) is 0. The molecular formula is C2H20Na4O13S2. The molecule has 0 atom stereocenters. The van der Waals surface area contributed by atoms with Crippen molar-refractivity contribution in [3.8, 4) is 0 Å². The first-order valence-electron chi connectivity index (χ1n) is 1.57. The van der Waals surface area contributed by atoms with E-state index in [-0.39, 0.29) is 162 Å². The van der Waals surface area contributed by atoms with Crippen molar-refractivity contribution in [3.05, 3.63) is 0 Å². The maximum atomic E-state index is 8.89. The molecule has 0 aromatic carbocycles. The first kappa shape index (κ1) is 123. The van der Waals surface area contributed by atoms with Gasteiger partial charge in [-0.3, -0.25) is 4.21 Å². The van der Waals surface area contributed by atoms with Gasteiger partial charge in [0.25, 0.3) is 0 Å². The molecule has 21 heavy (non-hydrogen) atoms. The number of hydrogen-bond acceptors (Lipinski definition) is 6. The van der Waals surface area contributed by atoms with Crippen LogP contribution in [-0.4, -0.2) is 92.7 Å². The van der Waals surface area contributed by atoms with Gasteiger partial charge in [0.05, 0.1) is 0 Å². The summed E-state index contributed by atoms with van der Waals surface area (Å²) in [6.45, 7) is 0.972. The summed E-state index contributed by atoms with van der Waals surface area (Å²) in [5.41, 5.74) is 0. The summed E-state index contributed by atoms with van der Waals surface area (Å²) in [6.07, 6.45) is 0. The van der Waals surface area contributed by atoms with Crippen LogP contribution in [0, 0.1) is 0 Å². The van der Waals surface area contributed by atoms with Gasteiger partial charge in [-0.15, -0.1) is 9.05 Å². The first-order chi connectivity index (χ1) is 3.73. The molecule has 0 aliphatic heterocycles. The van der Waals surface area contributed by atoms with E-state index in [0.29, 0.717) is 0 Å². The quantitative estimate of drug-likeness (QED) is 0.349. The molecule has 0 amide bonds. The van der Waals surface area contributed by atoms with E-state index < -0.39 is 15.0 Å². The van der Waals surface area contributed by atoms with Crippen molar-refractivity contribution in [2.45, 2.75) is 6.92 Å². The van der Waals surface area contributed by atoms with Crippen LogP contribution in [0.4, 0.5) is 0 Å². The van der Waals surface area contributed by atoms with Crippen LogP contribution in [0.25, 0.3) is 0 Å². The van der Waals surface area contributed by atoms with Gasteiger partial charge in [0.1, 0.15) is 0 Å². The van der Waals surface area contributed by atoms with E-state index in [0.717, 1.165) is 6.92 Å². The van der Waals surface area contributed by atoms with Gasteiger partial charge in [0.2, 0.25) is 0 Å². The van der Waals surface area contributed by atoms with Gasteiger partial charge in [0.15, 0.2) is 0 Å². The van der Waals surface area contributed by atoms with Crippen molar-refractivity contribution < 1.29 is 156 Å². The zero-order chi connectivity index (χ0) is 8.08. The van der Waals surface area contributed by atoms with Gasteiger partial charge in [-0.25, -0.2) is 0 Å². The molecule has 0 rings (SSSR count). The summed E-state index contributed by atoms with van der Waals surface area (Å²) in [4.78, 5) is 8.89. The van der Waals surface area contributed by atoms with E-state index in [1.165, 1.54) is 0 Å². The maximum absolute atomic E-state index is 8.89. The predicted molar refractivity (Wildman–Crippen MR) is 63.8 cm³/mol. The fourth-order valence-electron chi connectivity index (χ4n) is 0. The molecule has 0 aliphatic carbocycles. The standard InChI is InChI=1S/C2H4O2.4Na.H2O3S2.8H2O.H/c1-2(3)4;;;;;1-5(2,3)4;;;;;;;;;/h1H3,(H,3,4);;;;;(H2,1,2,3,4);8*1H2;/q;;3*+1;;;;;;;;;;/p-3. The minimum absolute atomic E-state index is 0. The van der Waals surface area contributed by atoms with E-state index in [1.807, 2.05) is 0 Å². The van der Waals surface area contributed by atoms with Crippen LogP contribution >= 0.6 is 0 Å².